The molecule has 0 N–H and O–H groups in total. The molecule has 1 aliphatic carbocycles. The van der Waals surface area contributed by atoms with Crippen molar-refractivity contribution in [3.05, 3.63) is 23.8 Å². The van der Waals surface area contributed by atoms with Gasteiger partial charge in [0, 0.05) is 50.1 Å². The van der Waals surface area contributed by atoms with E-state index in [4.69, 9.17) is 8.85 Å². The molecule has 1 saturated carbocycles. The molecule has 1 fully saturated rings. The summed E-state index contributed by atoms with van der Waals surface area (Å²) in [5.41, 5.74) is 2.18. The monoisotopic (exact) mass is 664 g/mol. The van der Waals surface area contributed by atoms with Crippen molar-refractivity contribution in [3.63, 3.8) is 0 Å². The van der Waals surface area contributed by atoms with E-state index >= 15 is 0 Å². The number of carbonyl (C=O) groups is 1. The van der Waals surface area contributed by atoms with Gasteiger partial charge >= 0.3 is 0 Å². The molecule has 0 heterocycles. The average molecular weight is 665 g/mol. The van der Waals surface area contributed by atoms with E-state index in [-0.39, 0.29) is 22.3 Å². The maximum Gasteiger partial charge on any atom is 0.192 e. The summed E-state index contributed by atoms with van der Waals surface area (Å²) in [5.74, 6) is 0. The molecule has 29 heavy (non-hydrogen) atoms. The van der Waals surface area contributed by atoms with Gasteiger partial charge in [-0.3, -0.25) is 0 Å². The van der Waals surface area contributed by atoms with Crippen LogP contribution in [0.15, 0.2) is 23.8 Å². The van der Waals surface area contributed by atoms with Gasteiger partial charge in [0.25, 0.3) is 0 Å². The first-order chi connectivity index (χ1) is 13.0. The number of halogens is 2. The molecule has 0 aromatic carbocycles. The Morgan fingerprint density at radius 2 is 1.45 bits per heavy atom. The number of rotatable bonds is 6. The largest absolute Gasteiger partial charge is 0.413 e. The quantitative estimate of drug-likeness (QED) is 0.163. The third kappa shape index (κ3) is 8.78. The molecule has 0 bridgehead atoms. The van der Waals surface area contributed by atoms with E-state index in [9.17, 15) is 4.79 Å². The smallest absolute Gasteiger partial charge is 0.192 e. The molecule has 0 saturated heterocycles. The second-order valence-electron chi connectivity index (χ2n) is 11.0. The summed E-state index contributed by atoms with van der Waals surface area (Å²) in [6, 6.07) is 0. The van der Waals surface area contributed by atoms with Crippen LogP contribution in [0, 0.1) is 0 Å². The Labute approximate surface area is 205 Å². The van der Waals surface area contributed by atoms with Gasteiger partial charge < -0.3 is 13.6 Å². The second kappa shape index (κ2) is 11.7. The molecular weight excluding hydrogens is 622 g/mol. The van der Waals surface area contributed by atoms with E-state index < -0.39 is 16.6 Å². The lowest BCUT2D eigenvalue weighted by molar-refractivity contribution is -0.107. The van der Waals surface area contributed by atoms with E-state index in [1.165, 1.54) is 0 Å². The summed E-state index contributed by atoms with van der Waals surface area (Å²) >= 11 is 4.24. The van der Waals surface area contributed by atoms with Crippen molar-refractivity contribution in [2.75, 3.05) is 0 Å². The zero-order chi connectivity index (χ0) is 23.3. The van der Waals surface area contributed by atoms with Crippen molar-refractivity contribution in [3.8, 4) is 0 Å². The van der Waals surface area contributed by atoms with Crippen LogP contribution >= 0.6 is 37.2 Å². The second-order valence-corrected chi connectivity index (χ2v) is 20.5. The fourth-order valence-electron chi connectivity index (χ4n) is 2.79. The van der Waals surface area contributed by atoms with Crippen LogP contribution in [-0.4, -0.2) is 35.1 Å². The Balaban J connectivity index is 0.00000379. The average Bonchev–Trinajstić information content (AvgIpc) is 2.55. The minimum atomic E-state index is -1.92. The summed E-state index contributed by atoms with van der Waals surface area (Å²) < 4.78 is 13.5. The number of allylic oxidation sites excluding steroid dienone is 1. The summed E-state index contributed by atoms with van der Waals surface area (Å²) in [6.45, 7) is 27.1. The molecule has 0 unspecified atom stereocenters. The van der Waals surface area contributed by atoms with Gasteiger partial charge in [-0.1, -0.05) is 54.2 Å². The number of hydrogen-bond acceptors (Lipinski definition) is 3. The first kappa shape index (κ1) is 30.0. The molecule has 1 rings (SSSR count). The molecule has 0 spiro atoms. The maximum absolute atomic E-state index is 10.9. The van der Waals surface area contributed by atoms with Gasteiger partial charge in [-0.15, -0.1) is 0 Å². The third-order valence-electron chi connectivity index (χ3n) is 6.70. The Bertz CT molecular complexity index is 588. The van der Waals surface area contributed by atoms with Gasteiger partial charge in [0.1, 0.15) is 6.29 Å². The van der Waals surface area contributed by atoms with E-state index in [1.807, 2.05) is 6.08 Å². The molecule has 0 aliphatic heterocycles. The lowest BCUT2D eigenvalue weighted by atomic mass is 9.86. The van der Waals surface area contributed by atoms with Crippen LogP contribution < -0.4 is 0 Å². The van der Waals surface area contributed by atoms with Crippen LogP contribution in [0.4, 0.5) is 0 Å². The van der Waals surface area contributed by atoms with Crippen molar-refractivity contribution in [2.24, 2.45) is 0 Å². The summed E-state index contributed by atoms with van der Waals surface area (Å²) in [6.07, 6.45) is 5.18. The van der Waals surface area contributed by atoms with Gasteiger partial charge in [-0.05, 0) is 53.8 Å². The standard InChI is InChI=1S/C22H42O3Si2.I2/c1-17-18(13-12-14-23)15-19(24-26(8,9)21(2,3)4)16-20(17)25-27(10,11)22(5,6)7;1-2/h13-14,19-20H,1,12,15-16H2,2-11H3;/b18-13-;/t19-,20-;/m0./s1. The van der Waals surface area contributed by atoms with Gasteiger partial charge in [0.15, 0.2) is 16.6 Å². The third-order valence-corrected chi connectivity index (χ3v) is 15.7. The zero-order valence-electron chi connectivity index (χ0n) is 20.1. The summed E-state index contributed by atoms with van der Waals surface area (Å²) in [5, 5.41) is 0.317. The molecule has 1 aliphatic rings. The fourth-order valence-corrected chi connectivity index (χ4v) is 5.46. The van der Waals surface area contributed by atoms with Crippen molar-refractivity contribution < 1.29 is 13.6 Å². The number of hydrogen-bond donors (Lipinski definition) is 0. The number of aldehydes is 1. The van der Waals surface area contributed by atoms with Gasteiger partial charge in [-0.2, -0.15) is 0 Å². The van der Waals surface area contributed by atoms with E-state index in [0.717, 1.165) is 30.3 Å². The van der Waals surface area contributed by atoms with Crippen molar-refractivity contribution in [1.82, 2.24) is 0 Å². The minimum absolute atomic E-state index is 0.0210. The number of carbonyl (C=O) groups excluding carboxylic acids is 1. The molecule has 170 valence electrons. The molecule has 0 amide bonds. The highest BCUT2D eigenvalue weighted by Crippen LogP contribution is 2.44. The van der Waals surface area contributed by atoms with Crippen LogP contribution in [0.2, 0.25) is 36.3 Å². The molecule has 0 aromatic rings. The lowest BCUT2D eigenvalue weighted by Crippen LogP contribution is -2.49. The molecule has 3 nitrogen and oxygen atoms in total. The van der Waals surface area contributed by atoms with Crippen LogP contribution in [0.25, 0.3) is 0 Å². The van der Waals surface area contributed by atoms with Gasteiger partial charge in [0.2, 0.25) is 0 Å². The maximum atomic E-state index is 10.9. The minimum Gasteiger partial charge on any atom is -0.413 e. The zero-order valence-corrected chi connectivity index (χ0v) is 26.4. The first-order valence-corrected chi connectivity index (χ1v) is 22.4. The van der Waals surface area contributed by atoms with Crippen LogP contribution in [0.5, 0.6) is 0 Å². The predicted molar refractivity (Wildman–Crippen MR) is 149 cm³/mol. The van der Waals surface area contributed by atoms with Gasteiger partial charge in [0.05, 0.1) is 12.2 Å². The predicted octanol–water partition coefficient (Wildman–Crippen LogP) is 8.40. The van der Waals surface area contributed by atoms with Crippen LogP contribution in [0.1, 0.15) is 60.8 Å². The van der Waals surface area contributed by atoms with Crippen molar-refractivity contribution in [1.29, 1.82) is 0 Å². The van der Waals surface area contributed by atoms with Crippen molar-refractivity contribution in [2.45, 2.75) is 109 Å². The normalized spacial score (nSPS) is 22.9. The highest BCUT2D eigenvalue weighted by molar-refractivity contribution is 15.0. The molecule has 0 aromatic heterocycles. The molecular formula is C22H42I2O3Si2. The lowest BCUT2D eigenvalue weighted by Gasteiger charge is -2.45. The van der Waals surface area contributed by atoms with E-state index in [1.54, 1.807) is 0 Å². The molecule has 2 atom stereocenters. The fraction of sp³-hybridized carbons (Fsp3) is 0.773. The first-order valence-electron chi connectivity index (χ1n) is 10.3. The van der Waals surface area contributed by atoms with E-state index in [0.29, 0.717) is 6.42 Å². The Morgan fingerprint density at radius 3 is 1.86 bits per heavy atom. The topological polar surface area (TPSA) is 35.5 Å². The Kier molecular flexibility index (Phi) is 12.1. The Morgan fingerprint density at radius 1 is 1.00 bits per heavy atom. The summed E-state index contributed by atoms with van der Waals surface area (Å²) in [4.78, 5) is 10.9. The summed E-state index contributed by atoms with van der Waals surface area (Å²) in [7, 11) is -3.79. The van der Waals surface area contributed by atoms with E-state index in [2.05, 4.69) is 112 Å². The Hall–Kier alpha value is 0.964. The molecule has 0 radical (unpaired) electrons. The van der Waals surface area contributed by atoms with Gasteiger partial charge in [-0.25, -0.2) is 0 Å². The highest BCUT2D eigenvalue weighted by atomic mass is 128. The SMILES string of the molecule is C=C1/C(=C\CC=O)C[C@H](O[Si](C)(C)C(C)(C)C)C[C@@H]1O[Si](C)(C)C(C)(C)C.II. The van der Waals surface area contributed by atoms with Crippen LogP contribution in [0.3, 0.4) is 0 Å². The molecule has 7 heteroatoms. The van der Waals surface area contributed by atoms with Crippen molar-refractivity contribution >= 4 is 60.2 Å². The highest BCUT2D eigenvalue weighted by Gasteiger charge is 2.44. The van der Waals surface area contributed by atoms with Crippen LogP contribution in [-0.2, 0) is 13.6 Å².